The molecule has 0 radical (unpaired) electrons. The Kier molecular flexibility index (Phi) is 4.21. The number of anilines is 1. The minimum Gasteiger partial charge on any atom is -0.467 e. The third-order valence-electron chi connectivity index (χ3n) is 2.66. The molecular weight excluding hydrogens is 284 g/mol. The van der Waals surface area contributed by atoms with Crippen LogP contribution in [0.4, 0.5) is 5.95 Å². The Morgan fingerprint density at radius 2 is 2.05 bits per heavy atom. The van der Waals surface area contributed by atoms with Crippen molar-refractivity contribution in [2.75, 3.05) is 12.4 Å². The molecule has 0 aromatic carbocycles. The summed E-state index contributed by atoms with van der Waals surface area (Å²) in [6.07, 6.45) is 0. The summed E-state index contributed by atoms with van der Waals surface area (Å²) in [5.41, 5.74) is 1.23. The molecule has 0 saturated carbocycles. The smallest absolute Gasteiger partial charge is 0.322 e. The van der Waals surface area contributed by atoms with Gasteiger partial charge in [0.2, 0.25) is 11.2 Å². The lowest BCUT2D eigenvalue weighted by molar-refractivity contribution is 0.378. The van der Waals surface area contributed by atoms with Gasteiger partial charge in [-0.1, -0.05) is 0 Å². The molecule has 0 spiro atoms. The van der Waals surface area contributed by atoms with Crippen molar-refractivity contribution >= 4 is 28.9 Å². The molecule has 102 valence electrons. The zero-order valence-corrected chi connectivity index (χ0v) is 12.8. The lowest BCUT2D eigenvalue weighted by Gasteiger charge is -2.14. The SMILES string of the molecule is COc1nc(Cl)nc(NC(C)c2cc(C)sc2C)n1. The van der Waals surface area contributed by atoms with Gasteiger partial charge in [0.05, 0.1) is 13.2 Å². The van der Waals surface area contributed by atoms with Crippen LogP contribution in [0.2, 0.25) is 5.28 Å². The van der Waals surface area contributed by atoms with Crippen molar-refractivity contribution in [1.29, 1.82) is 0 Å². The average molecular weight is 299 g/mol. The summed E-state index contributed by atoms with van der Waals surface area (Å²) in [4.78, 5) is 14.6. The lowest BCUT2D eigenvalue weighted by Crippen LogP contribution is -2.10. The largest absolute Gasteiger partial charge is 0.467 e. The summed E-state index contributed by atoms with van der Waals surface area (Å²) in [5.74, 6) is 0.410. The van der Waals surface area contributed by atoms with Crippen LogP contribution >= 0.6 is 22.9 Å². The molecule has 0 amide bonds. The Hall–Kier alpha value is -1.40. The van der Waals surface area contributed by atoms with E-state index in [1.54, 1.807) is 11.3 Å². The van der Waals surface area contributed by atoms with E-state index in [4.69, 9.17) is 16.3 Å². The first kappa shape index (κ1) is 14.0. The molecule has 7 heteroatoms. The fourth-order valence-corrected chi connectivity index (χ4v) is 3.01. The number of hydrogen-bond acceptors (Lipinski definition) is 6. The number of thiophene rings is 1. The maximum atomic E-state index is 5.81. The van der Waals surface area contributed by atoms with E-state index in [-0.39, 0.29) is 17.3 Å². The summed E-state index contributed by atoms with van der Waals surface area (Å²) < 4.78 is 4.97. The van der Waals surface area contributed by atoms with Gasteiger partial charge in [-0.15, -0.1) is 11.3 Å². The van der Waals surface area contributed by atoms with E-state index >= 15 is 0 Å². The van der Waals surface area contributed by atoms with Gasteiger partial charge in [-0.2, -0.15) is 15.0 Å². The van der Waals surface area contributed by atoms with Gasteiger partial charge < -0.3 is 10.1 Å². The van der Waals surface area contributed by atoms with Gasteiger partial charge in [-0.25, -0.2) is 0 Å². The lowest BCUT2D eigenvalue weighted by atomic mass is 10.1. The minimum absolute atomic E-state index is 0.0909. The van der Waals surface area contributed by atoms with Crippen LogP contribution in [0.15, 0.2) is 6.07 Å². The van der Waals surface area contributed by atoms with Crippen molar-refractivity contribution in [1.82, 2.24) is 15.0 Å². The van der Waals surface area contributed by atoms with Gasteiger partial charge in [-0.05, 0) is 44.0 Å². The van der Waals surface area contributed by atoms with Crippen LogP contribution in [0.5, 0.6) is 6.01 Å². The number of nitrogens with zero attached hydrogens (tertiary/aromatic N) is 3. The highest BCUT2D eigenvalue weighted by Crippen LogP contribution is 2.28. The maximum Gasteiger partial charge on any atom is 0.322 e. The van der Waals surface area contributed by atoms with Gasteiger partial charge >= 0.3 is 6.01 Å². The summed E-state index contributed by atoms with van der Waals surface area (Å²) in [6, 6.07) is 2.46. The third kappa shape index (κ3) is 3.33. The Morgan fingerprint density at radius 3 is 2.63 bits per heavy atom. The molecule has 2 rings (SSSR count). The summed E-state index contributed by atoms with van der Waals surface area (Å²) in [7, 11) is 1.49. The molecule has 19 heavy (non-hydrogen) atoms. The highest BCUT2D eigenvalue weighted by Gasteiger charge is 2.13. The van der Waals surface area contributed by atoms with Crippen LogP contribution in [0.1, 0.15) is 28.3 Å². The molecule has 0 fully saturated rings. The zero-order valence-electron chi connectivity index (χ0n) is 11.2. The van der Waals surface area contributed by atoms with E-state index in [0.29, 0.717) is 5.95 Å². The minimum atomic E-state index is 0.0909. The molecule has 5 nitrogen and oxygen atoms in total. The number of rotatable bonds is 4. The molecule has 0 aliphatic carbocycles. The van der Waals surface area contributed by atoms with Gasteiger partial charge in [0.15, 0.2) is 0 Å². The van der Waals surface area contributed by atoms with Crippen molar-refractivity contribution in [3.63, 3.8) is 0 Å². The Bertz CT molecular complexity index is 587. The van der Waals surface area contributed by atoms with E-state index in [0.717, 1.165) is 0 Å². The molecule has 2 heterocycles. The first-order chi connectivity index (χ1) is 8.99. The number of halogens is 1. The van der Waals surface area contributed by atoms with Crippen LogP contribution in [0.3, 0.4) is 0 Å². The molecule has 0 aliphatic rings. The van der Waals surface area contributed by atoms with E-state index in [1.807, 2.05) is 0 Å². The first-order valence-corrected chi connectivity index (χ1v) is 6.98. The van der Waals surface area contributed by atoms with Gasteiger partial charge in [0, 0.05) is 9.75 Å². The topological polar surface area (TPSA) is 59.9 Å². The first-order valence-electron chi connectivity index (χ1n) is 5.78. The second kappa shape index (κ2) is 5.71. The van der Waals surface area contributed by atoms with Gasteiger partial charge in [0.1, 0.15) is 0 Å². The molecule has 2 aromatic heterocycles. The van der Waals surface area contributed by atoms with Crippen LogP contribution in [-0.4, -0.2) is 22.1 Å². The Morgan fingerprint density at radius 1 is 1.32 bits per heavy atom. The summed E-state index contributed by atoms with van der Waals surface area (Å²) in [6.45, 7) is 6.25. The normalized spacial score (nSPS) is 12.3. The highest BCUT2D eigenvalue weighted by atomic mass is 35.5. The number of nitrogens with one attached hydrogen (secondary N) is 1. The van der Waals surface area contributed by atoms with E-state index in [9.17, 15) is 0 Å². The fraction of sp³-hybridized carbons (Fsp3) is 0.417. The molecule has 0 bridgehead atoms. The van der Waals surface area contributed by atoms with Crippen molar-refractivity contribution in [2.24, 2.45) is 0 Å². The standard InChI is InChI=1S/C12H15ClN4OS/c1-6-5-9(8(3)19-6)7(2)14-11-15-10(13)16-12(17-11)18-4/h5,7H,1-4H3,(H,14,15,16,17). The number of aromatic nitrogens is 3. The Balaban J connectivity index is 2.21. The second-order valence-electron chi connectivity index (χ2n) is 4.15. The molecular formula is C12H15ClN4OS. The monoisotopic (exact) mass is 298 g/mol. The molecule has 1 atom stereocenters. The predicted octanol–water partition coefficient (Wildman–Crippen LogP) is 3.39. The van der Waals surface area contributed by atoms with Crippen LogP contribution in [0, 0.1) is 13.8 Å². The number of methoxy groups -OCH3 is 1. The quantitative estimate of drug-likeness (QED) is 0.937. The summed E-state index contributed by atoms with van der Waals surface area (Å²) >= 11 is 7.59. The maximum absolute atomic E-state index is 5.81. The molecule has 1 unspecified atom stereocenters. The Labute approximate surface area is 121 Å². The van der Waals surface area contributed by atoms with Crippen molar-refractivity contribution in [3.05, 3.63) is 26.7 Å². The number of aryl methyl sites for hydroxylation is 2. The highest BCUT2D eigenvalue weighted by molar-refractivity contribution is 7.12. The van der Waals surface area contributed by atoms with Gasteiger partial charge in [-0.3, -0.25) is 0 Å². The van der Waals surface area contributed by atoms with E-state index in [1.165, 1.54) is 22.4 Å². The van der Waals surface area contributed by atoms with Crippen molar-refractivity contribution in [3.8, 4) is 6.01 Å². The third-order valence-corrected chi connectivity index (χ3v) is 3.81. The molecule has 1 N–H and O–H groups in total. The molecule has 0 aliphatic heterocycles. The number of hydrogen-bond donors (Lipinski definition) is 1. The van der Waals surface area contributed by atoms with Gasteiger partial charge in [0.25, 0.3) is 0 Å². The van der Waals surface area contributed by atoms with Crippen molar-refractivity contribution in [2.45, 2.75) is 26.8 Å². The van der Waals surface area contributed by atoms with E-state index < -0.39 is 0 Å². The van der Waals surface area contributed by atoms with Crippen LogP contribution < -0.4 is 10.1 Å². The predicted molar refractivity (Wildman–Crippen MR) is 77.2 cm³/mol. The molecule has 0 saturated heterocycles. The second-order valence-corrected chi connectivity index (χ2v) is 5.95. The van der Waals surface area contributed by atoms with Crippen molar-refractivity contribution < 1.29 is 4.74 Å². The van der Waals surface area contributed by atoms with Crippen LogP contribution in [-0.2, 0) is 0 Å². The van der Waals surface area contributed by atoms with Crippen LogP contribution in [0.25, 0.3) is 0 Å². The molecule has 2 aromatic rings. The fourth-order valence-electron chi connectivity index (χ4n) is 1.84. The van der Waals surface area contributed by atoms with E-state index in [2.05, 4.69) is 47.1 Å². The average Bonchev–Trinajstić information content (AvgIpc) is 2.67. The zero-order chi connectivity index (χ0) is 14.0. The summed E-state index contributed by atoms with van der Waals surface area (Å²) in [5, 5.41) is 3.32. The number of ether oxygens (including phenoxy) is 1.